The van der Waals surface area contributed by atoms with Gasteiger partial charge in [-0.1, -0.05) is 53.2 Å². The van der Waals surface area contributed by atoms with E-state index < -0.39 is 84.8 Å². The molecule has 308 valence electrons. The first-order valence-corrected chi connectivity index (χ1v) is 20.4. The molecule has 13 nitrogen and oxygen atoms in total. The molecule has 7 rings (SSSR count). The van der Waals surface area contributed by atoms with Crippen LogP contribution in [0.25, 0.3) is 0 Å². The third kappa shape index (κ3) is 5.68. The average molecular weight is 767 g/mol. The predicted molar refractivity (Wildman–Crippen MR) is 193 cm³/mol. The molecule has 0 unspecified atom stereocenters. The largest absolute Gasteiger partial charge is 0.432 e. The first kappa shape index (κ1) is 40.9. The number of carbonyl (C=O) groups is 1. The maximum Gasteiger partial charge on any atom is 0.315 e. The summed E-state index contributed by atoms with van der Waals surface area (Å²) in [4.78, 5) is 14.6. The number of fused-ring (bicyclic) bond motifs is 7. The Morgan fingerprint density at radius 1 is 0.815 bits per heavy atom. The van der Waals surface area contributed by atoms with E-state index in [1.807, 2.05) is 13.8 Å². The molecule has 0 amide bonds. The van der Waals surface area contributed by atoms with Crippen LogP contribution >= 0.6 is 0 Å². The van der Waals surface area contributed by atoms with Crippen molar-refractivity contribution in [3.8, 4) is 0 Å². The van der Waals surface area contributed by atoms with Crippen LogP contribution in [-0.2, 0) is 23.7 Å². The van der Waals surface area contributed by atoms with Crippen LogP contribution in [0.3, 0.4) is 0 Å². The van der Waals surface area contributed by atoms with Crippen LogP contribution in [-0.4, -0.2) is 127 Å². The quantitative estimate of drug-likeness (QED) is 0.114. The molecule has 5 aliphatic carbocycles. The van der Waals surface area contributed by atoms with E-state index in [1.165, 1.54) is 0 Å². The SMILES string of the molecule is C[C@H]1CC[C@@]2(C(=O)O[C@H]3O[C@@H](CO)[C@H](O)[C@@H](O)[C@@H]3O)CC[C@@]3(C)C(=CC[C@H]4[C@]5(C)CC[C@@H](O[C@H]6OC[C@@H](O)[C@@H](O)[C@@H]6O)C(C)(C)[C@H]5CC[C@@]43C)[C@H]2[C@@]1(C)O. The lowest BCUT2D eigenvalue weighted by atomic mass is 9.33. The van der Waals surface area contributed by atoms with E-state index >= 15 is 0 Å². The van der Waals surface area contributed by atoms with Gasteiger partial charge in [-0.2, -0.15) is 0 Å². The van der Waals surface area contributed by atoms with E-state index in [-0.39, 0.29) is 46.2 Å². The van der Waals surface area contributed by atoms with Gasteiger partial charge in [0.25, 0.3) is 0 Å². The zero-order chi connectivity index (χ0) is 39.6. The Bertz CT molecular complexity index is 1470. The zero-order valence-corrected chi connectivity index (χ0v) is 33.1. The average Bonchev–Trinajstić information content (AvgIpc) is 3.11. The van der Waals surface area contributed by atoms with Gasteiger partial charge in [-0.15, -0.1) is 0 Å². The van der Waals surface area contributed by atoms with Gasteiger partial charge < -0.3 is 59.8 Å². The summed E-state index contributed by atoms with van der Waals surface area (Å²) in [5.41, 5.74) is -2.15. The third-order valence-corrected chi connectivity index (χ3v) is 17.2. The lowest BCUT2D eigenvalue weighted by molar-refractivity contribution is -0.308. The number of allylic oxidation sites excluding steroid dienone is 1. The normalized spacial score (nSPS) is 55.6. The Labute approximate surface area is 319 Å². The fraction of sp³-hybridized carbons (Fsp3) is 0.927. The van der Waals surface area contributed by atoms with Crippen LogP contribution in [0.15, 0.2) is 11.6 Å². The van der Waals surface area contributed by atoms with Crippen LogP contribution in [0.5, 0.6) is 0 Å². The second-order valence-corrected chi connectivity index (χ2v) is 19.9. The number of hydrogen-bond donors (Lipinski definition) is 8. The van der Waals surface area contributed by atoms with E-state index in [0.29, 0.717) is 31.6 Å². The van der Waals surface area contributed by atoms with Gasteiger partial charge in [-0.25, -0.2) is 0 Å². The van der Waals surface area contributed by atoms with Crippen molar-refractivity contribution in [2.24, 2.45) is 50.7 Å². The van der Waals surface area contributed by atoms with Gasteiger partial charge in [0.15, 0.2) is 6.29 Å². The molecule has 0 aromatic heterocycles. The van der Waals surface area contributed by atoms with Gasteiger partial charge in [0.05, 0.1) is 30.3 Å². The summed E-state index contributed by atoms with van der Waals surface area (Å²) in [5.74, 6) is -0.699. The molecular formula is C41H66O13. The number of esters is 1. The second-order valence-electron chi connectivity index (χ2n) is 19.9. The molecule has 7 aliphatic rings. The van der Waals surface area contributed by atoms with E-state index in [4.69, 9.17) is 18.9 Å². The maximum absolute atomic E-state index is 14.6. The summed E-state index contributed by atoms with van der Waals surface area (Å²) in [5, 5.41) is 84.8. The summed E-state index contributed by atoms with van der Waals surface area (Å²) in [7, 11) is 0. The molecule has 2 heterocycles. The fourth-order valence-corrected chi connectivity index (χ4v) is 13.5. The molecule has 4 saturated carbocycles. The monoisotopic (exact) mass is 766 g/mol. The number of carbonyl (C=O) groups excluding carboxylic acids is 1. The minimum Gasteiger partial charge on any atom is -0.432 e. The summed E-state index contributed by atoms with van der Waals surface area (Å²) in [6.07, 6.45) is -4.04. The van der Waals surface area contributed by atoms with Gasteiger partial charge in [-0.05, 0) is 104 Å². The highest BCUT2D eigenvalue weighted by Crippen LogP contribution is 2.76. The summed E-state index contributed by atoms with van der Waals surface area (Å²) in [6, 6.07) is 0. The van der Waals surface area contributed by atoms with Gasteiger partial charge in [-0.3, -0.25) is 4.79 Å². The molecule has 19 atom stereocenters. The van der Waals surface area contributed by atoms with Crippen molar-refractivity contribution in [1.29, 1.82) is 0 Å². The molecular weight excluding hydrogens is 700 g/mol. The molecule has 8 N–H and O–H groups in total. The lowest BCUT2D eigenvalue weighted by Gasteiger charge is -2.72. The first-order chi connectivity index (χ1) is 25.1. The fourth-order valence-electron chi connectivity index (χ4n) is 13.5. The topological polar surface area (TPSA) is 216 Å². The Balaban J connectivity index is 1.19. The summed E-state index contributed by atoms with van der Waals surface area (Å²) >= 11 is 0. The Hall–Kier alpha value is -1.23. The molecule has 2 aliphatic heterocycles. The first-order valence-electron chi connectivity index (χ1n) is 20.4. The van der Waals surface area contributed by atoms with Gasteiger partial charge in [0.2, 0.25) is 6.29 Å². The van der Waals surface area contributed by atoms with Gasteiger partial charge >= 0.3 is 5.97 Å². The number of aliphatic hydroxyl groups excluding tert-OH is 7. The van der Waals surface area contributed by atoms with Crippen molar-refractivity contribution in [3.05, 3.63) is 11.6 Å². The second kappa shape index (κ2) is 13.7. The van der Waals surface area contributed by atoms with Crippen LogP contribution in [0.2, 0.25) is 0 Å². The standard InChI is InChI=1S/C41H66O13/c1-20-10-15-41(35(49)54-34-31(48)29(46)28(45)23(18-42)52-34)17-16-38(5)21(32(41)40(20,7)50)8-9-25-37(4)13-12-26(36(2,3)24(37)11-14-39(25,38)6)53-33-30(47)27(44)22(43)19-51-33/h8,20,22-34,42-48,50H,9-19H2,1-7H3/t20-,22+,23-,24+,25-,26+,27+,28-,29+,30-,31-,32-,33+,34+,37+,38-,39-,40-,41+/m0/s1. The van der Waals surface area contributed by atoms with Crippen molar-refractivity contribution in [1.82, 2.24) is 0 Å². The Morgan fingerprint density at radius 2 is 1.50 bits per heavy atom. The molecule has 0 aromatic rings. The van der Waals surface area contributed by atoms with Gasteiger partial charge in [0.1, 0.15) is 42.7 Å². The maximum atomic E-state index is 14.6. The van der Waals surface area contributed by atoms with Gasteiger partial charge in [0, 0.05) is 5.92 Å². The molecule has 0 spiro atoms. The predicted octanol–water partition coefficient (Wildman–Crippen LogP) is 1.93. The van der Waals surface area contributed by atoms with E-state index in [1.54, 1.807) is 0 Å². The van der Waals surface area contributed by atoms with Crippen molar-refractivity contribution in [2.45, 2.75) is 173 Å². The Morgan fingerprint density at radius 3 is 2.19 bits per heavy atom. The van der Waals surface area contributed by atoms with Crippen LogP contribution in [0.1, 0.15) is 106 Å². The van der Waals surface area contributed by atoms with Crippen LogP contribution < -0.4 is 0 Å². The molecule has 13 heteroatoms. The van der Waals surface area contributed by atoms with E-state index in [9.17, 15) is 45.6 Å². The Kier molecular flexibility index (Phi) is 10.4. The van der Waals surface area contributed by atoms with Crippen LogP contribution in [0, 0.1) is 50.7 Å². The number of hydrogen-bond acceptors (Lipinski definition) is 13. The molecule has 0 aromatic carbocycles. The smallest absolute Gasteiger partial charge is 0.315 e. The molecule has 0 radical (unpaired) electrons. The zero-order valence-electron chi connectivity index (χ0n) is 33.1. The van der Waals surface area contributed by atoms with Crippen molar-refractivity contribution < 1.29 is 64.6 Å². The number of rotatable bonds is 5. The highest BCUT2D eigenvalue weighted by Gasteiger charge is 2.72. The molecule has 6 fully saturated rings. The highest BCUT2D eigenvalue weighted by atomic mass is 16.7. The highest BCUT2D eigenvalue weighted by molar-refractivity contribution is 5.79. The lowest BCUT2D eigenvalue weighted by Crippen LogP contribution is -2.68. The minimum absolute atomic E-state index is 0.0674. The van der Waals surface area contributed by atoms with E-state index in [2.05, 4.69) is 40.7 Å². The van der Waals surface area contributed by atoms with Crippen molar-refractivity contribution >= 4 is 5.97 Å². The van der Waals surface area contributed by atoms with Crippen molar-refractivity contribution in [2.75, 3.05) is 13.2 Å². The van der Waals surface area contributed by atoms with Crippen molar-refractivity contribution in [3.63, 3.8) is 0 Å². The number of aliphatic hydroxyl groups is 8. The summed E-state index contributed by atoms with van der Waals surface area (Å²) in [6.45, 7) is 14.8. The summed E-state index contributed by atoms with van der Waals surface area (Å²) < 4.78 is 23.7. The third-order valence-electron chi connectivity index (χ3n) is 17.2. The molecule has 2 saturated heterocycles. The number of ether oxygens (including phenoxy) is 4. The van der Waals surface area contributed by atoms with Crippen LogP contribution in [0.4, 0.5) is 0 Å². The molecule has 0 bridgehead atoms. The molecule has 54 heavy (non-hydrogen) atoms. The minimum atomic E-state index is -1.72. The van der Waals surface area contributed by atoms with E-state index in [0.717, 1.165) is 37.7 Å².